The van der Waals surface area contributed by atoms with E-state index in [0.717, 1.165) is 56.4 Å². The minimum Gasteiger partial charge on any atom is -0.506 e. The van der Waals surface area contributed by atoms with Crippen LogP contribution in [0.25, 0.3) is 10.9 Å². The van der Waals surface area contributed by atoms with Crippen LogP contribution in [-0.4, -0.2) is 112 Å². The molecule has 0 aliphatic carbocycles. The van der Waals surface area contributed by atoms with Crippen LogP contribution in [0.4, 0.5) is 0 Å². The van der Waals surface area contributed by atoms with Gasteiger partial charge in [0.2, 0.25) is 11.2 Å². The lowest BCUT2D eigenvalue weighted by molar-refractivity contribution is -0.164. The fourth-order valence-electron chi connectivity index (χ4n) is 11.0. The highest BCUT2D eigenvalue weighted by Crippen LogP contribution is 2.42. The lowest BCUT2D eigenvalue weighted by Crippen LogP contribution is -2.62. The number of aromatic nitrogens is 1. The number of rotatable bonds is 18. The average molecular weight is 1020 g/mol. The van der Waals surface area contributed by atoms with Crippen molar-refractivity contribution in [2.24, 2.45) is 11.3 Å². The predicted octanol–water partition coefficient (Wildman–Crippen LogP) is 7.75. The zero-order valence-electron chi connectivity index (χ0n) is 42.6. The van der Waals surface area contributed by atoms with Crippen LogP contribution in [-0.2, 0) is 34.7 Å². The molecule has 0 unspecified atom stereocenters. The molecule has 1 spiro atoms. The largest absolute Gasteiger partial charge is 0.506 e. The third-order valence-corrected chi connectivity index (χ3v) is 15.6. The van der Waals surface area contributed by atoms with Crippen LogP contribution in [0, 0.1) is 11.3 Å². The van der Waals surface area contributed by atoms with Crippen molar-refractivity contribution in [3.8, 4) is 11.5 Å². The standard InChI is InChI=1S/C62H65N5O9/c68-54-24-22-52(53-23-25-56(70)64-57(53)54)55(69)37-63-31-26-43-14-18-48(19-15-43)59(72)67-41-61(42-67)29-34-66(35-30-61)58(71)47-20-16-45(17-21-47)39-75-51-13-7-12-50(36-51)62(74,49-10-5-2-6-11-49)60(73)76-40-46-27-32-65(33-28-46)38-44-8-3-1-4-9-44/h1-25,36,46,55,63,68-69,74H,26-35,37-42H2,(H,64,70)/t55-,62-/m0/s1. The molecule has 7 aromatic rings. The topological polar surface area (TPSA) is 185 Å². The molecule has 76 heavy (non-hydrogen) atoms. The van der Waals surface area contributed by atoms with Crippen LogP contribution in [0.15, 0.2) is 163 Å². The Morgan fingerprint density at radius 2 is 1.36 bits per heavy atom. The fourth-order valence-corrected chi connectivity index (χ4v) is 11.0. The normalized spacial score (nSPS) is 16.9. The smallest absolute Gasteiger partial charge is 0.347 e. The monoisotopic (exact) mass is 1020 g/mol. The van der Waals surface area contributed by atoms with E-state index in [1.54, 1.807) is 60.7 Å². The Labute approximate surface area is 442 Å². The van der Waals surface area contributed by atoms with Gasteiger partial charge in [-0.05, 0) is 134 Å². The number of likely N-dealkylation sites (tertiary alicyclic amines) is 3. The van der Waals surface area contributed by atoms with Crippen LogP contribution in [0.1, 0.15) is 85.9 Å². The molecule has 10 rings (SSSR count). The SMILES string of the molecule is O=C(c1ccc(COc2cccc([C@](O)(C(=O)OCC3CCN(Cc4ccccc4)CC3)c3ccccc3)c2)cc1)N1CCC2(CC1)CN(C(=O)c1ccc(CCNC[C@H](O)c3ccc(O)c4[nH]c(=O)ccc34)cc1)C2. The van der Waals surface area contributed by atoms with Gasteiger partial charge < -0.3 is 44.9 Å². The summed E-state index contributed by atoms with van der Waals surface area (Å²) in [7, 11) is 0. The van der Waals surface area contributed by atoms with Gasteiger partial charge in [0.15, 0.2) is 0 Å². The van der Waals surface area contributed by atoms with E-state index in [1.165, 1.54) is 17.7 Å². The van der Waals surface area contributed by atoms with Crippen LogP contribution in [0.3, 0.4) is 0 Å². The number of hydrogen-bond acceptors (Lipinski definition) is 11. The molecule has 0 bridgehead atoms. The van der Waals surface area contributed by atoms with Gasteiger partial charge >= 0.3 is 5.97 Å². The Balaban J connectivity index is 0.657. The zero-order chi connectivity index (χ0) is 52.7. The number of pyridine rings is 1. The maximum atomic E-state index is 14.0. The third kappa shape index (κ3) is 11.8. The van der Waals surface area contributed by atoms with Crippen molar-refractivity contribution in [3.63, 3.8) is 0 Å². The molecule has 14 heteroatoms. The predicted molar refractivity (Wildman–Crippen MR) is 290 cm³/mol. The van der Waals surface area contributed by atoms with Crippen LogP contribution in [0.5, 0.6) is 11.5 Å². The summed E-state index contributed by atoms with van der Waals surface area (Å²) in [5.41, 5.74) is 3.70. The van der Waals surface area contributed by atoms with E-state index in [-0.39, 0.29) is 54.2 Å². The first-order valence-electron chi connectivity index (χ1n) is 26.4. The van der Waals surface area contributed by atoms with Crippen LogP contribution in [0.2, 0.25) is 0 Å². The summed E-state index contributed by atoms with van der Waals surface area (Å²) in [4.78, 5) is 61.7. The molecule has 392 valence electrons. The van der Waals surface area contributed by atoms with E-state index in [0.29, 0.717) is 83.6 Å². The van der Waals surface area contributed by atoms with Gasteiger partial charge in [0.1, 0.15) is 18.1 Å². The van der Waals surface area contributed by atoms with Gasteiger partial charge in [-0.2, -0.15) is 0 Å². The molecular formula is C62H65N5O9. The second-order valence-electron chi connectivity index (χ2n) is 20.8. The molecule has 14 nitrogen and oxygen atoms in total. The van der Waals surface area contributed by atoms with E-state index in [9.17, 15) is 34.5 Å². The van der Waals surface area contributed by atoms with E-state index in [2.05, 4.69) is 39.5 Å². The van der Waals surface area contributed by atoms with Gasteiger partial charge in [0.05, 0.1) is 18.2 Å². The highest BCUT2D eigenvalue weighted by atomic mass is 16.5. The van der Waals surface area contributed by atoms with Crippen molar-refractivity contribution >= 4 is 28.7 Å². The fraction of sp³-hybridized carbons (Fsp3) is 0.323. The second-order valence-corrected chi connectivity index (χ2v) is 20.8. The Morgan fingerprint density at radius 3 is 2.05 bits per heavy atom. The first-order valence-corrected chi connectivity index (χ1v) is 26.4. The van der Waals surface area contributed by atoms with Crippen LogP contribution < -0.4 is 15.6 Å². The minimum absolute atomic E-state index is 0.00171. The molecule has 1 aromatic heterocycles. The molecule has 5 N–H and O–H groups in total. The number of aliphatic hydroxyl groups is 2. The third-order valence-electron chi connectivity index (χ3n) is 15.6. The number of carbonyl (C=O) groups excluding carboxylic acids is 3. The minimum atomic E-state index is -2.05. The van der Waals surface area contributed by atoms with E-state index in [4.69, 9.17) is 9.47 Å². The molecule has 3 saturated heterocycles. The number of benzene rings is 6. The van der Waals surface area contributed by atoms with E-state index < -0.39 is 17.7 Å². The number of piperidine rings is 2. The van der Waals surface area contributed by atoms with Crippen molar-refractivity contribution in [3.05, 3.63) is 213 Å². The number of nitrogens with zero attached hydrogens (tertiary/aromatic N) is 3. The van der Waals surface area contributed by atoms with Crippen molar-refractivity contribution in [1.29, 1.82) is 0 Å². The Hall–Kier alpha value is -7.62. The first-order chi connectivity index (χ1) is 36.9. The maximum absolute atomic E-state index is 14.0. The van der Waals surface area contributed by atoms with Crippen molar-refractivity contribution in [2.45, 2.75) is 57.0 Å². The van der Waals surface area contributed by atoms with Gasteiger partial charge in [-0.15, -0.1) is 0 Å². The molecule has 2 amide bonds. The Bertz CT molecular complexity index is 3180. The highest BCUT2D eigenvalue weighted by molar-refractivity contribution is 5.95. The number of phenols is 1. The molecule has 0 saturated carbocycles. The summed E-state index contributed by atoms with van der Waals surface area (Å²) in [6, 6.07) is 47.4. The van der Waals surface area contributed by atoms with E-state index >= 15 is 0 Å². The first kappa shape index (κ1) is 51.8. The van der Waals surface area contributed by atoms with Gasteiger partial charge in [-0.3, -0.25) is 19.3 Å². The summed E-state index contributed by atoms with van der Waals surface area (Å²) in [5.74, 6) is -0.130. The molecule has 3 fully saturated rings. The molecule has 4 heterocycles. The second kappa shape index (κ2) is 23.1. The molecular weight excluding hydrogens is 959 g/mol. The van der Waals surface area contributed by atoms with Gasteiger partial charge in [0.25, 0.3) is 11.8 Å². The number of phenolic OH excluding ortho intramolecular Hbond substituents is 1. The number of aromatic hydroxyl groups is 1. The summed E-state index contributed by atoms with van der Waals surface area (Å²) < 4.78 is 12.1. The van der Waals surface area contributed by atoms with E-state index in [1.807, 2.05) is 70.5 Å². The molecule has 3 aliphatic rings. The van der Waals surface area contributed by atoms with Crippen molar-refractivity contribution in [1.82, 2.24) is 25.0 Å². The Morgan fingerprint density at radius 1 is 0.711 bits per heavy atom. The number of esters is 1. The summed E-state index contributed by atoms with van der Waals surface area (Å²) in [6.45, 7) is 6.61. The highest BCUT2D eigenvalue weighted by Gasteiger charge is 2.47. The number of carbonyl (C=O) groups is 3. The lowest BCUT2D eigenvalue weighted by Gasteiger charge is -2.54. The van der Waals surface area contributed by atoms with Crippen molar-refractivity contribution < 1.29 is 39.2 Å². The molecule has 3 aliphatic heterocycles. The molecule has 0 radical (unpaired) electrons. The van der Waals surface area contributed by atoms with Gasteiger partial charge in [-0.1, -0.05) is 103 Å². The number of ether oxygens (including phenoxy) is 2. The van der Waals surface area contributed by atoms with Gasteiger partial charge in [0, 0.05) is 72.8 Å². The Kier molecular flexibility index (Phi) is 15.8. The number of H-pyrrole nitrogens is 1. The summed E-state index contributed by atoms with van der Waals surface area (Å²) in [5, 5.41) is 37.2. The van der Waals surface area contributed by atoms with Crippen LogP contribution >= 0.6 is 0 Å². The summed E-state index contributed by atoms with van der Waals surface area (Å²) in [6.07, 6.45) is 3.30. The number of amides is 2. The van der Waals surface area contributed by atoms with Gasteiger partial charge in [-0.25, -0.2) is 4.79 Å². The van der Waals surface area contributed by atoms with Crippen molar-refractivity contribution in [2.75, 3.05) is 59.0 Å². The quantitative estimate of drug-likeness (QED) is 0.0419. The number of aromatic amines is 1. The number of nitrogens with one attached hydrogen (secondary N) is 2. The maximum Gasteiger partial charge on any atom is 0.347 e. The molecule has 2 atom stereocenters. The summed E-state index contributed by atoms with van der Waals surface area (Å²) >= 11 is 0. The lowest BCUT2D eigenvalue weighted by atomic mass is 9.71. The number of hydrogen-bond donors (Lipinski definition) is 5. The average Bonchev–Trinajstić information content (AvgIpc) is 3.46. The number of fused-ring (bicyclic) bond motifs is 1. The zero-order valence-corrected chi connectivity index (χ0v) is 42.6. The molecule has 6 aromatic carbocycles. The number of aliphatic hydroxyl groups excluding tert-OH is 1.